The van der Waals surface area contributed by atoms with Gasteiger partial charge in [-0.1, -0.05) is 12.1 Å². The zero-order valence-corrected chi connectivity index (χ0v) is 13.7. The normalized spacial score (nSPS) is 12.1. The number of aromatic nitrogens is 4. The van der Waals surface area contributed by atoms with Gasteiger partial charge in [0.15, 0.2) is 0 Å². The molecule has 0 amide bonds. The van der Waals surface area contributed by atoms with Gasteiger partial charge in [0, 0.05) is 35.5 Å². The van der Waals surface area contributed by atoms with Gasteiger partial charge in [0.25, 0.3) is 0 Å². The second kappa shape index (κ2) is 6.60. The number of aryl methyl sites for hydroxylation is 2. The van der Waals surface area contributed by atoms with Gasteiger partial charge >= 0.3 is 0 Å². The maximum atomic E-state index is 4.44. The van der Waals surface area contributed by atoms with Crippen molar-refractivity contribution in [3.63, 3.8) is 0 Å². The maximum Gasteiger partial charge on any atom is 0.125 e. The van der Waals surface area contributed by atoms with Gasteiger partial charge in [0.2, 0.25) is 0 Å². The third-order valence-corrected chi connectivity index (χ3v) is 3.82. The van der Waals surface area contributed by atoms with Gasteiger partial charge in [0.05, 0.1) is 12.6 Å². The molecule has 1 aromatic carbocycles. The largest absolute Gasteiger partial charge is 0.378 e. The highest BCUT2D eigenvalue weighted by molar-refractivity contribution is 5.48. The topological polar surface area (TPSA) is 55.6 Å². The number of rotatable bonds is 5. The van der Waals surface area contributed by atoms with E-state index in [-0.39, 0.29) is 6.04 Å². The average Bonchev–Trinajstić information content (AvgIpc) is 3.00. The Hall–Kier alpha value is -2.69. The van der Waals surface area contributed by atoms with Crippen LogP contribution in [0.3, 0.4) is 0 Å². The van der Waals surface area contributed by atoms with Crippen molar-refractivity contribution in [2.24, 2.45) is 0 Å². The Kier molecular flexibility index (Phi) is 4.37. The van der Waals surface area contributed by atoms with E-state index in [2.05, 4.69) is 51.6 Å². The van der Waals surface area contributed by atoms with Crippen LogP contribution in [0.4, 0.5) is 5.69 Å². The summed E-state index contributed by atoms with van der Waals surface area (Å²) < 4.78 is 1.92. The van der Waals surface area contributed by atoms with Gasteiger partial charge in [-0.05, 0) is 44.5 Å². The standard InChI is InChI=1S/C18H21N5/c1-13-18(11-19-15(3)21-13)14(2)22-17-7-4-6-16(10-17)12-23-9-5-8-20-23/h4-11,14,22H,12H2,1-3H3/t14-/m0/s1. The van der Waals surface area contributed by atoms with Gasteiger partial charge in [-0.3, -0.25) is 4.68 Å². The van der Waals surface area contributed by atoms with Crippen LogP contribution in [0.5, 0.6) is 0 Å². The molecule has 3 rings (SSSR count). The van der Waals surface area contributed by atoms with Crippen LogP contribution in [0, 0.1) is 13.8 Å². The van der Waals surface area contributed by atoms with Crippen LogP contribution in [-0.4, -0.2) is 19.7 Å². The molecular weight excluding hydrogens is 286 g/mol. The van der Waals surface area contributed by atoms with Crippen LogP contribution in [0.2, 0.25) is 0 Å². The number of hydrogen-bond donors (Lipinski definition) is 1. The molecule has 0 aliphatic rings. The molecule has 3 aromatic rings. The molecule has 118 valence electrons. The fourth-order valence-corrected chi connectivity index (χ4v) is 2.69. The molecule has 0 saturated carbocycles. The Labute approximate surface area is 136 Å². The number of nitrogens with zero attached hydrogens (tertiary/aromatic N) is 4. The fraction of sp³-hybridized carbons (Fsp3) is 0.278. The summed E-state index contributed by atoms with van der Waals surface area (Å²) in [5.41, 5.74) is 4.43. The summed E-state index contributed by atoms with van der Waals surface area (Å²) in [5.74, 6) is 0.805. The van der Waals surface area contributed by atoms with E-state index in [4.69, 9.17) is 0 Å². The third kappa shape index (κ3) is 3.74. The van der Waals surface area contributed by atoms with Crippen LogP contribution in [-0.2, 0) is 6.54 Å². The van der Waals surface area contributed by atoms with Crippen molar-refractivity contribution >= 4 is 5.69 Å². The van der Waals surface area contributed by atoms with Crippen molar-refractivity contribution in [3.8, 4) is 0 Å². The zero-order chi connectivity index (χ0) is 16.2. The number of hydrogen-bond acceptors (Lipinski definition) is 4. The Balaban J connectivity index is 1.74. The van der Waals surface area contributed by atoms with E-state index in [1.54, 1.807) is 6.20 Å². The molecule has 0 aliphatic heterocycles. The van der Waals surface area contributed by atoms with Gasteiger partial charge < -0.3 is 5.32 Å². The van der Waals surface area contributed by atoms with Gasteiger partial charge in [-0.25, -0.2) is 9.97 Å². The smallest absolute Gasteiger partial charge is 0.125 e. The average molecular weight is 307 g/mol. The second-order valence-corrected chi connectivity index (χ2v) is 5.73. The minimum absolute atomic E-state index is 0.149. The first kappa shape index (κ1) is 15.2. The molecule has 5 heteroatoms. The highest BCUT2D eigenvalue weighted by Crippen LogP contribution is 2.21. The Morgan fingerprint density at radius 1 is 1.22 bits per heavy atom. The predicted octanol–water partition coefficient (Wildman–Crippen LogP) is 3.51. The van der Waals surface area contributed by atoms with E-state index >= 15 is 0 Å². The summed E-state index contributed by atoms with van der Waals surface area (Å²) in [6, 6.07) is 10.5. The van der Waals surface area contributed by atoms with Gasteiger partial charge in [-0.2, -0.15) is 5.10 Å². The molecule has 0 saturated heterocycles. The first-order valence-corrected chi connectivity index (χ1v) is 7.75. The summed E-state index contributed by atoms with van der Waals surface area (Å²) in [6.07, 6.45) is 5.67. The van der Waals surface area contributed by atoms with E-state index in [1.807, 2.05) is 37.0 Å². The first-order valence-electron chi connectivity index (χ1n) is 7.75. The van der Waals surface area contributed by atoms with Gasteiger partial charge in [-0.15, -0.1) is 0 Å². The van der Waals surface area contributed by atoms with Crippen LogP contribution in [0.1, 0.15) is 35.6 Å². The molecule has 23 heavy (non-hydrogen) atoms. The van der Waals surface area contributed by atoms with Crippen molar-refractivity contribution in [1.82, 2.24) is 19.7 Å². The lowest BCUT2D eigenvalue weighted by molar-refractivity contribution is 0.687. The SMILES string of the molecule is Cc1ncc([C@H](C)Nc2cccc(Cn3cccn3)c2)c(C)n1. The molecule has 2 aromatic heterocycles. The molecule has 0 aliphatic carbocycles. The molecule has 5 nitrogen and oxygen atoms in total. The lowest BCUT2D eigenvalue weighted by Crippen LogP contribution is -2.11. The summed E-state index contributed by atoms with van der Waals surface area (Å²) in [6.45, 7) is 6.83. The lowest BCUT2D eigenvalue weighted by Gasteiger charge is -2.18. The van der Waals surface area contributed by atoms with Gasteiger partial charge in [0.1, 0.15) is 5.82 Å². The lowest BCUT2D eigenvalue weighted by atomic mass is 10.1. The number of benzene rings is 1. The third-order valence-electron chi connectivity index (χ3n) is 3.82. The number of anilines is 1. The molecule has 0 radical (unpaired) electrons. The monoisotopic (exact) mass is 307 g/mol. The summed E-state index contributed by atoms with van der Waals surface area (Å²) in [7, 11) is 0. The van der Waals surface area contributed by atoms with E-state index in [0.29, 0.717) is 0 Å². The predicted molar refractivity (Wildman–Crippen MR) is 91.3 cm³/mol. The molecule has 1 atom stereocenters. The molecular formula is C18H21N5. The zero-order valence-electron chi connectivity index (χ0n) is 13.7. The highest BCUT2D eigenvalue weighted by Gasteiger charge is 2.10. The van der Waals surface area contributed by atoms with Crippen LogP contribution in [0.15, 0.2) is 48.9 Å². The molecule has 2 heterocycles. The Morgan fingerprint density at radius 3 is 2.83 bits per heavy atom. The van der Waals surface area contributed by atoms with E-state index in [1.165, 1.54) is 5.56 Å². The molecule has 0 fully saturated rings. The fourth-order valence-electron chi connectivity index (χ4n) is 2.69. The molecule has 0 unspecified atom stereocenters. The van der Waals surface area contributed by atoms with Crippen molar-refractivity contribution in [2.75, 3.05) is 5.32 Å². The quantitative estimate of drug-likeness (QED) is 0.783. The molecule has 0 spiro atoms. The minimum atomic E-state index is 0.149. The molecule has 1 N–H and O–H groups in total. The van der Waals surface area contributed by atoms with Crippen LogP contribution >= 0.6 is 0 Å². The van der Waals surface area contributed by atoms with E-state index < -0.39 is 0 Å². The highest BCUT2D eigenvalue weighted by atomic mass is 15.3. The van der Waals surface area contributed by atoms with Crippen LogP contribution < -0.4 is 5.32 Å². The molecule has 0 bridgehead atoms. The second-order valence-electron chi connectivity index (χ2n) is 5.73. The Bertz CT molecular complexity index is 780. The minimum Gasteiger partial charge on any atom is -0.378 e. The summed E-state index contributed by atoms with van der Waals surface area (Å²) >= 11 is 0. The van der Waals surface area contributed by atoms with Crippen molar-refractivity contribution in [3.05, 3.63) is 71.6 Å². The summed E-state index contributed by atoms with van der Waals surface area (Å²) in [5, 5.41) is 7.78. The number of nitrogens with one attached hydrogen (secondary N) is 1. The van der Waals surface area contributed by atoms with Crippen molar-refractivity contribution in [2.45, 2.75) is 33.4 Å². The summed E-state index contributed by atoms with van der Waals surface area (Å²) in [4.78, 5) is 8.75. The van der Waals surface area contributed by atoms with Crippen LogP contribution in [0.25, 0.3) is 0 Å². The first-order chi connectivity index (χ1) is 11.1. The van der Waals surface area contributed by atoms with Crippen molar-refractivity contribution in [1.29, 1.82) is 0 Å². The Morgan fingerprint density at radius 2 is 2.09 bits per heavy atom. The van der Waals surface area contributed by atoms with Crippen molar-refractivity contribution < 1.29 is 0 Å². The van der Waals surface area contributed by atoms with E-state index in [9.17, 15) is 0 Å². The van der Waals surface area contributed by atoms with E-state index in [0.717, 1.165) is 29.3 Å². The maximum absolute atomic E-state index is 4.44.